The molecular formula is C24H20. The molecule has 0 heteroatoms. The molecule has 0 saturated carbocycles. The third-order valence-electron chi connectivity index (χ3n) is 5.66. The summed E-state index contributed by atoms with van der Waals surface area (Å²) >= 11 is 0. The summed E-state index contributed by atoms with van der Waals surface area (Å²) in [5, 5.41) is 0. The molecule has 1 unspecified atom stereocenters. The van der Waals surface area contributed by atoms with Crippen molar-refractivity contribution in [2.24, 2.45) is 0 Å². The van der Waals surface area contributed by atoms with Gasteiger partial charge in [-0.15, -0.1) is 0 Å². The molecule has 0 saturated heterocycles. The van der Waals surface area contributed by atoms with Crippen LogP contribution in [0.3, 0.4) is 0 Å². The second kappa shape index (κ2) is 5.21. The number of hydrogen-bond donors (Lipinski definition) is 0. The van der Waals surface area contributed by atoms with E-state index in [2.05, 4.69) is 85.8 Å². The summed E-state index contributed by atoms with van der Waals surface area (Å²) in [6.45, 7) is 2.28. The number of allylic oxidation sites excluding steroid dienone is 1. The molecule has 0 N–H and O–H groups in total. The molecule has 0 radical (unpaired) electrons. The molecular weight excluding hydrogens is 288 g/mol. The third-order valence-corrected chi connectivity index (χ3v) is 5.66. The van der Waals surface area contributed by atoms with E-state index in [1.54, 1.807) is 0 Å². The number of rotatable bonds is 2. The van der Waals surface area contributed by atoms with Crippen molar-refractivity contribution in [1.82, 2.24) is 0 Å². The fraction of sp³-hybridized carbons (Fsp3) is 0.167. The van der Waals surface area contributed by atoms with E-state index in [9.17, 15) is 0 Å². The predicted molar refractivity (Wildman–Crippen MR) is 101 cm³/mol. The zero-order valence-electron chi connectivity index (χ0n) is 13.9. The lowest BCUT2D eigenvalue weighted by molar-refractivity contribution is 0.823. The average molecular weight is 308 g/mol. The van der Waals surface area contributed by atoms with Crippen molar-refractivity contribution < 1.29 is 0 Å². The van der Waals surface area contributed by atoms with Crippen LogP contribution >= 0.6 is 0 Å². The molecule has 0 amide bonds. The van der Waals surface area contributed by atoms with E-state index in [0.717, 1.165) is 6.42 Å². The van der Waals surface area contributed by atoms with Gasteiger partial charge < -0.3 is 0 Å². The highest BCUT2D eigenvalue weighted by Gasteiger charge is 2.29. The first-order valence-electron chi connectivity index (χ1n) is 8.81. The Balaban J connectivity index is 1.63. The SMILES string of the molecule is CC1C=Cc2c(CC3c4ccccc4-c4ccccc43)cccc21. The predicted octanol–water partition coefficient (Wildman–Crippen LogP) is 6.17. The summed E-state index contributed by atoms with van der Waals surface area (Å²) in [4.78, 5) is 0. The van der Waals surface area contributed by atoms with Crippen molar-refractivity contribution in [2.75, 3.05) is 0 Å². The van der Waals surface area contributed by atoms with Crippen LogP contribution in [0.25, 0.3) is 17.2 Å². The minimum atomic E-state index is 0.466. The molecule has 116 valence electrons. The highest BCUT2D eigenvalue weighted by molar-refractivity contribution is 5.79. The molecule has 0 aliphatic heterocycles. The van der Waals surface area contributed by atoms with Gasteiger partial charge in [0.25, 0.3) is 0 Å². The van der Waals surface area contributed by atoms with Crippen molar-refractivity contribution in [1.29, 1.82) is 0 Å². The quantitative estimate of drug-likeness (QED) is 0.531. The Morgan fingerprint density at radius 2 is 1.33 bits per heavy atom. The number of benzene rings is 3. The second-order valence-corrected chi connectivity index (χ2v) is 7.00. The van der Waals surface area contributed by atoms with Crippen LogP contribution in [0.1, 0.15) is 46.6 Å². The first-order chi connectivity index (χ1) is 11.8. The zero-order chi connectivity index (χ0) is 16.1. The molecule has 2 aliphatic rings. The lowest BCUT2D eigenvalue weighted by Crippen LogP contribution is -2.03. The van der Waals surface area contributed by atoms with Crippen LogP contribution in [0.2, 0.25) is 0 Å². The smallest absolute Gasteiger partial charge is 0.0142 e. The van der Waals surface area contributed by atoms with Gasteiger partial charge in [-0.05, 0) is 51.3 Å². The van der Waals surface area contributed by atoms with Crippen molar-refractivity contribution in [3.8, 4) is 11.1 Å². The molecule has 0 spiro atoms. The van der Waals surface area contributed by atoms with Gasteiger partial charge in [-0.25, -0.2) is 0 Å². The topological polar surface area (TPSA) is 0 Å². The van der Waals surface area contributed by atoms with Crippen LogP contribution in [-0.2, 0) is 6.42 Å². The minimum absolute atomic E-state index is 0.466. The summed E-state index contributed by atoms with van der Waals surface area (Å²) in [6.07, 6.45) is 5.72. The van der Waals surface area contributed by atoms with Crippen LogP contribution in [0, 0.1) is 0 Å². The maximum Gasteiger partial charge on any atom is 0.0142 e. The van der Waals surface area contributed by atoms with Gasteiger partial charge in [0.2, 0.25) is 0 Å². The maximum atomic E-state index is 2.32. The van der Waals surface area contributed by atoms with E-state index in [-0.39, 0.29) is 0 Å². The molecule has 0 heterocycles. The Kier molecular flexibility index (Phi) is 2.99. The van der Waals surface area contributed by atoms with E-state index >= 15 is 0 Å². The van der Waals surface area contributed by atoms with Gasteiger partial charge in [0.05, 0.1) is 0 Å². The Morgan fingerprint density at radius 1 is 0.708 bits per heavy atom. The number of hydrogen-bond acceptors (Lipinski definition) is 0. The zero-order valence-corrected chi connectivity index (χ0v) is 13.9. The summed E-state index contributed by atoms with van der Waals surface area (Å²) in [5.74, 6) is 1.01. The van der Waals surface area contributed by atoms with Crippen LogP contribution in [-0.4, -0.2) is 0 Å². The molecule has 5 rings (SSSR count). The van der Waals surface area contributed by atoms with Crippen molar-refractivity contribution in [2.45, 2.75) is 25.2 Å². The van der Waals surface area contributed by atoms with Crippen LogP contribution in [0.15, 0.2) is 72.8 Å². The molecule has 0 aromatic heterocycles. The number of fused-ring (bicyclic) bond motifs is 4. The lowest BCUT2D eigenvalue weighted by atomic mass is 9.87. The minimum Gasteiger partial charge on any atom is -0.0767 e. The van der Waals surface area contributed by atoms with Crippen molar-refractivity contribution in [3.63, 3.8) is 0 Å². The van der Waals surface area contributed by atoms with E-state index in [0.29, 0.717) is 11.8 Å². The molecule has 2 aliphatic carbocycles. The van der Waals surface area contributed by atoms with Crippen molar-refractivity contribution in [3.05, 3.63) is 101 Å². The van der Waals surface area contributed by atoms with E-state index in [4.69, 9.17) is 0 Å². The molecule has 3 aromatic rings. The van der Waals surface area contributed by atoms with Crippen LogP contribution in [0.5, 0.6) is 0 Å². The summed E-state index contributed by atoms with van der Waals surface area (Å²) in [6, 6.07) is 24.6. The van der Waals surface area contributed by atoms with Gasteiger partial charge in [0.1, 0.15) is 0 Å². The first-order valence-corrected chi connectivity index (χ1v) is 8.81. The molecule has 0 nitrogen and oxygen atoms in total. The van der Waals surface area contributed by atoms with E-state index in [1.807, 2.05) is 0 Å². The monoisotopic (exact) mass is 308 g/mol. The molecule has 24 heavy (non-hydrogen) atoms. The van der Waals surface area contributed by atoms with E-state index in [1.165, 1.54) is 38.9 Å². The lowest BCUT2D eigenvalue weighted by Gasteiger charge is -2.17. The summed E-state index contributed by atoms with van der Waals surface area (Å²) in [5.41, 5.74) is 10.2. The highest BCUT2D eigenvalue weighted by Crippen LogP contribution is 2.46. The van der Waals surface area contributed by atoms with Crippen molar-refractivity contribution >= 4 is 6.08 Å². The largest absolute Gasteiger partial charge is 0.0767 e. The van der Waals surface area contributed by atoms with Crippen LogP contribution < -0.4 is 0 Å². The van der Waals surface area contributed by atoms with Gasteiger partial charge >= 0.3 is 0 Å². The van der Waals surface area contributed by atoms with Gasteiger partial charge in [0, 0.05) is 5.92 Å². The second-order valence-electron chi connectivity index (χ2n) is 7.00. The van der Waals surface area contributed by atoms with Crippen LogP contribution in [0.4, 0.5) is 0 Å². The Labute approximate surface area is 143 Å². The fourth-order valence-corrected chi connectivity index (χ4v) is 4.46. The summed E-state index contributed by atoms with van der Waals surface area (Å²) < 4.78 is 0. The molecule has 0 bridgehead atoms. The van der Waals surface area contributed by atoms with Gasteiger partial charge in [0.15, 0.2) is 0 Å². The summed E-state index contributed by atoms with van der Waals surface area (Å²) in [7, 11) is 0. The molecule has 0 fully saturated rings. The Morgan fingerprint density at radius 3 is 2.04 bits per heavy atom. The Bertz CT molecular complexity index is 916. The Hall–Kier alpha value is -2.60. The molecule has 3 aromatic carbocycles. The van der Waals surface area contributed by atoms with Gasteiger partial charge in [-0.3, -0.25) is 0 Å². The molecule has 1 atom stereocenters. The third kappa shape index (κ3) is 1.93. The van der Waals surface area contributed by atoms with Gasteiger partial charge in [-0.2, -0.15) is 0 Å². The van der Waals surface area contributed by atoms with E-state index < -0.39 is 0 Å². The standard InChI is InChI=1S/C24H20/c1-16-13-14-19-17(7-6-12-18(16)19)15-24-22-10-4-2-8-20(22)21-9-3-5-11-23(21)24/h2-14,16,24H,15H2,1H3. The van der Waals surface area contributed by atoms with Gasteiger partial charge in [-0.1, -0.05) is 85.8 Å². The fourth-order valence-electron chi connectivity index (χ4n) is 4.46. The average Bonchev–Trinajstić information content (AvgIpc) is 3.16. The highest BCUT2D eigenvalue weighted by atomic mass is 14.3. The maximum absolute atomic E-state index is 2.32. The normalized spacial score (nSPS) is 17.6. The first kappa shape index (κ1) is 13.8.